The van der Waals surface area contributed by atoms with Gasteiger partial charge in [-0.25, -0.2) is 13.2 Å². The molecule has 0 atom stereocenters. The Balaban J connectivity index is 0.00000312. The number of halogens is 4. The first-order valence-electron chi connectivity index (χ1n) is 8.53. The van der Waals surface area contributed by atoms with Crippen LogP contribution in [0.5, 0.6) is 0 Å². The molecule has 1 amide bonds. The molecule has 3 nitrogen and oxygen atoms in total. The second kappa shape index (κ2) is 9.43. The monoisotopic (exact) mass is 378 g/mol. The normalized spacial score (nSPS) is 15.4. The van der Waals surface area contributed by atoms with Crippen LogP contribution in [0.3, 0.4) is 0 Å². The summed E-state index contributed by atoms with van der Waals surface area (Å²) in [6.07, 6.45) is 2.06. The summed E-state index contributed by atoms with van der Waals surface area (Å²) in [5.74, 6) is -4.12. The lowest BCUT2D eigenvalue weighted by Crippen LogP contribution is -2.52. The maximum absolute atomic E-state index is 13.6. The quantitative estimate of drug-likeness (QED) is 0.729. The second-order valence-corrected chi connectivity index (χ2v) is 6.33. The summed E-state index contributed by atoms with van der Waals surface area (Å²) in [6, 6.07) is 1.45. The summed E-state index contributed by atoms with van der Waals surface area (Å²) < 4.78 is 40.2. The van der Waals surface area contributed by atoms with Crippen LogP contribution in [0.25, 0.3) is 0 Å². The molecule has 0 aromatic heterocycles. The van der Waals surface area contributed by atoms with Gasteiger partial charge in [0.25, 0.3) is 0 Å². The molecule has 1 aliphatic heterocycles. The van der Waals surface area contributed by atoms with E-state index >= 15 is 0 Å². The summed E-state index contributed by atoms with van der Waals surface area (Å²) in [7, 11) is 0. The summed E-state index contributed by atoms with van der Waals surface area (Å²) in [6.45, 7) is 8.52. The van der Waals surface area contributed by atoms with Crippen molar-refractivity contribution in [2.24, 2.45) is 0 Å². The molecule has 142 valence electrons. The lowest BCUT2D eigenvalue weighted by molar-refractivity contribution is -0.132. The Morgan fingerprint density at radius 1 is 1.08 bits per heavy atom. The van der Waals surface area contributed by atoms with Gasteiger partial charge in [0, 0.05) is 32.2 Å². The Hall–Kier alpha value is -1.27. The van der Waals surface area contributed by atoms with Gasteiger partial charge in [-0.1, -0.05) is 13.8 Å². The molecule has 25 heavy (non-hydrogen) atoms. The molecule has 1 aromatic carbocycles. The first-order valence-corrected chi connectivity index (χ1v) is 8.53. The van der Waals surface area contributed by atoms with Gasteiger partial charge in [-0.05, 0) is 37.0 Å². The van der Waals surface area contributed by atoms with Crippen LogP contribution in [-0.2, 0) is 11.2 Å². The number of hydrogen-bond donors (Lipinski definition) is 0. The molecule has 7 heteroatoms. The lowest BCUT2D eigenvalue weighted by atomic mass is 10.0. The van der Waals surface area contributed by atoms with E-state index in [9.17, 15) is 18.0 Å². The van der Waals surface area contributed by atoms with Gasteiger partial charge in [-0.3, -0.25) is 9.69 Å². The molecular weight excluding hydrogens is 353 g/mol. The molecule has 0 bridgehead atoms. The van der Waals surface area contributed by atoms with Crippen molar-refractivity contribution < 1.29 is 18.0 Å². The predicted molar refractivity (Wildman–Crippen MR) is 94.5 cm³/mol. The van der Waals surface area contributed by atoms with Crippen LogP contribution >= 0.6 is 12.4 Å². The molecule has 0 spiro atoms. The lowest BCUT2D eigenvalue weighted by Gasteiger charge is -2.39. The Morgan fingerprint density at radius 3 is 2.16 bits per heavy atom. The summed E-state index contributed by atoms with van der Waals surface area (Å²) in [5, 5.41) is 0. The highest BCUT2D eigenvalue weighted by molar-refractivity contribution is 5.85. The zero-order valence-electron chi connectivity index (χ0n) is 14.9. The zero-order valence-corrected chi connectivity index (χ0v) is 15.8. The van der Waals surface area contributed by atoms with Gasteiger partial charge in [-0.2, -0.15) is 0 Å². The van der Waals surface area contributed by atoms with Gasteiger partial charge >= 0.3 is 0 Å². The van der Waals surface area contributed by atoms with Crippen LogP contribution in [0.1, 0.15) is 37.8 Å². The van der Waals surface area contributed by atoms with Crippen molar-refractivity contribution in [3.05, 3.63) is 34.6 Å². The number of hydrogen-bond acceptors (Lipinski definition) is 2. The largest absolute Gasteiger partial charge is 0.340 e. The van der Waals surface area contributed by atoms with Gasteiger partial charge in [-0.15, -0.1) is 12.4 Å². The first-order chi connectivity index (χ1) is 11.4. The van der Waals surface area contributed by atoms with E-state index in [4.69, 9.17) is 0 Å². The van der Waals surface area contributed by atoms with Crippen molar-refractivity contribution in [1.29, 1.82) is 0 Å². The minimum absolute atomic E-state index is 0. The molecule has 0 unspecified atom stereocenters. The maximum Gasteiger partial charge on any atom is 0.227 e. The standard InChI is InChI=1S/C18H25F3N2O.ClH/c1-4-14(5-2)22-6-8-23(9-7-22)16(24)11-13-10-15(19)18(21)17(20)12(13)3;/h10,14H,4-9,11H2,1-3H3;1H. The molecule has 1 fully saturated rings. The maximum atomic E-state index is 13.6. The highest BCUT2D eigenvalue weighted by atomic mass is 35.5. The third-order valence-corrected chi connectivity index (χ3v) is 4.98. The van der Waals surface area contributed by atoms with Crippen molar-refractivity contribution in [3.8, 4) is 0 Å². The van der Waals surface area contributed by atoms with Gasteiger partial charge in [0.1, 0.15) is 0 Å². The van der Waals surface area contributed by atoms with Crippen LogP contribution in [0, 0.1) is 24.4 Å². The van der Waals surface area contributed by atoms with Crippen molar-refractivity contribution in [2.75, 3.05) is 26.2 Å². The molecule has 0 saturated carbocycles. The number of rotatable bonds is 5. The fraction of sp³-hybridized carbons (Fsp3) is 0.611. The summed E-state index contributed by atoms with van der Waals surface area (Å²) in [5.41, 5.74) is 0.205. The van der Waals surface area contributed by atoms with Gasteiger partial charge < -0.3 is 4.90 Å². The van der Waals surface area contributed by atoms with Crippen LogP contribution in [0.2, 0.25) is 0 Å². The van der Waals surface area contributed by atoms with E-state index in [0.717, 1.165) is 32.0 Å². The number of nitrogens with zero attached hydrogens (tertiary/aromatic N) is 2. The van der Waals surface area contributed by atoms with Crippen molar-refractivity contribution >= 4 is 18.3 Å². The molecular formula is C18H26ClF3N2O. The molecule has 1 heterocycles. The molecule has 0 N–H and O–H groups in total. The van der Waals surface area contributed by atoms with E-state index < -0.39 is 17.5 Å². The van der Waals surface area contributed by atoms with Crippen LogP contribution in [0.15, 0.2) is 6.07 Å². The average Bonchev–Trinajstić information content (AvgIpc) is 2.59. The van der Waals surface area contributed by atoms with Crippen LogP contribution in [-0.4, -0.2) is 47.9 Å². The molecule has 2 rings (SSSR count). The number of carbonyl (C=O) groups excluding carboxylic acids is 1. The SMILES string of the molecule is CCC(CC)N1CCN(C(=O)Cc2cc(F)c(F)c(F)c2C)CC1.Cl. The summed E-state index contributed by atoms with van der Waals surface area (Å²) >= 11 is 0. The number of benzene rings is 1. The molecule has 1 saturated heterocycles. The van der Waals surface area contributed by atoms with Crippen molar-refractivity contribution in [1.82, 2.24) is 9.80 Å². The minimum atomic E-state index is -1.48. The molecule has 1 aromatic rings. The van der Waals surface area contributed by atoms with E-state index in [1.54, 1.807) is 4.90 Å². The zero-order chi connectivity index (χ0) is 17.9. The van der Waals surface area contributed by atoms with E-state index in [-0.39, 0.29) is 35.9 Å². The Kier molecular flexibility index (Phi) is 8.22. The van der Waals surface area contributed by atoms with Gasteiger partial charge in [0.15, 0.2) is 17.5 Å². The fourth-order valence-corrected chi connectivity index (χ4v) is 3.33. The van der Waals surface area contributed by atoms with Crippen molar-refractivity contribution in [2.45, 2.75) is 46.1 Å². The first kappa shape index (κ1) is 21.8. The third kappa shape index (κ3) is 4.88. The molecule has 1 aliphatic rings. The Morgan fingerprint density at radius 2 is 1.64 bits per heavy atom. The second-order valence-electron chi connectivity index (χ2n) is 6.33. The Bertz CT molecular complexity index is 600. The van der Waals surface area contributed by atoms with Crippen LogP contribution < -0.4 is 0 Å². The van der Waals surface area contributed by atoms with Crippen LogP contribution in [0.4, 0.5) is 13.2 Å². The van der Waals surface area contributed by atoms with Crippen molar-refractivity contribution in [3.63, 3.8) is 0 Å². The van der Waals surface area contributed by atoms with E-state index in [1.807, 2.05) is 0 Å². The topological polar surface area (TPSA) is 23.6 Å². The minimum Gasteiger partial charge on any atom is -0.340 e. The molecule has 0 radical (unpaired) electrons. The third-order valence-electron chi connectivity index (χ3n) is 4.98. The van der Waals surface area contributed by atoms with E-state index in [2.05, 4.69) is 18.7 Å². The van der Waals surface area contributed by atoms with E-state index in [1.165, 1.54) is 6.92 Å². The highest BCUT2D eigenvalue weighted by Gasteiger charge is 2.25. The fourth-order valence-electron chi connectivity index (χ4n) is 3.33. The Labute approximate surface area is 153 Å². The molecule has 0 aliphatic carbocycles. The average molecular weight is 379 g/mol. The predicted octanol–water partition coefficient (Wildman–Crippen LogP) is 3.71. The highest BCUT2D eigenvalue weighted by Crippen LogP contribution is 2.21. The number of carbonyl (C=O) groups is 1. The number of piperazine rings is 1. The summed E-state index contributed by atoms with van der Waals surface area (Å²) in [4.78, 5) is 16.5. The smallest absolute Gasteiger partial charge is 0.227 e. The van der Waals surface area contributed by atoms with Gasteiger partial charge in [0.05, 0.1) is 6.42 Å². The van der Waals surface area contributed by atoms with Gasteiger partial charge in [0.2, 0.25) is 5.91 Å². The number of amides is 1. The van der Waals surface area contributed by atoms with E-state index in [0.29, 0.717) is 19.1 Å².